The van der Waals surface area contributed by atoms with Crippen molar-refractivity contribution in [3.05, 3.63) is 34.7 Å². The lowest BCUT2D eigenvalue weighted by atomic mass is 10.3. The molecule has 1 aliphatic heterocycles. The molecule has 1 saturated heterocycles. The second-order valence-electron chi connectivity index (χ2n) is 5.91. The van der Waals surface area contributed by atoms with Gasteiger partial charge in [-0.25, -0.2) is 0 Å². The Kier molecular flexibility index (Phi) is 5.43. The van der Waals surface area contributed by atoms with Crippen molar-refractivity contribution in [2.45, 2.75) is 13.0 Å². The highest BCUT2D eigenvalue weighted by Gasteiger charge is 2.17. The summed E-state index contributed by atoms with van der Waals surface area (Å²) < 4.78 is 1.68. The molecule has 23 heavy (non-hydrogen) atoms. The molecule has 0 saturated carbocycles. The number of nitrogens with zero attached hydrogens (tertiary/aromatic N) is 4. The first kappa shape index (κ1) is 16.2. The largest absolute Gasteiger partial charge is 0.308 e. The third kappa shape index (κ3) is 4.89. The third-order valence-corrected chi connectivity index (χ3v) is 4.85. The molecule has 0 bridgehead atoms. The molecule has 0 spiro atoms. The summed E-state index contributed by atoms with van der Waals surface area (Å²) in [6, 6.07) is 6.10. The Labute approximate surface area is 140 Å². The first-order valence-corrected chi connectivity index (χ1v) is 8.83. The zero-order valence-corrected chi connectivity index (χ0v) is 14.3. The Morgan fingerprint density at radius 2 is 2.09 bits per heavy atom. The predicted molar refractivity (Wildman–Crippen MR) is 92.5 cm³/mol. The molecule has 0 unspecified atom stereocenters. The van der Waals surface area contributed by atoms with Crippen LogP contribution in [0, 0.1) is 0 Å². The van der Waals surface area contributed by atoms with Gasteiger partial charge in [0.1, 0.15) is 0 Å². The number of thiophene rings is 1. The highest BCUT2D eigenvalue weighted by molar-refractivity contribution is 7.09. The van der Waals surface area contributed by atoms with E-state index in [1.165, 1.54) is 4.88 Å². The molecule has 1 aliphatic rings. The maximum Gasteiger partial charge on any atom is 0.239 e. The van der Waals surface area contributed by atoms with Crippen molar-refractivity contribution >= 4 is 23.1 Å². The fourth-order valence-electron chi connectivity index (χ4n) is 2.83. The number of anilines is 1. The molecule has 6 nitrogen and oxygen atoms in total. The minimum absolute atomic E-state index is 0.00964. The van der Waals surface area contributed by atoms with Crippen molar-refractivity contribution in [2.75, 3.05) is 38.0 Å². The van der Waals surface area contributed by atoms with E-state index in [0.29, 0.717) is 12.4 Å². The molecule has 3 rings (SSSR count). The number of aryl methyl sites for hydroxylation is 1. The normalized spacial score (nSPS) is 17.1. The molecule has 2 aromatic rings. The average Bonchev–Trinajstić information content (AvgIpc) is 3.10. The van der Waals surface area contributed by atoms with E-state index in [0.717, 1.165) is 39.1 Å². The number of hydrogen-bond donors (Lipinski definition) is 1. The second kappa shape index (κ2) is 7.72. The quantitative estimate of drug-likeness (QED) is 0.904. The number of rotatable bonds is 5. The summed E-state index contributed by atoms with van der Waals surface area (Å²) in [6.07, 6.45) is 2.92. The lowest BCUT2D eigenvalue weighted by Gasteiger charge is -2.20. The standard InChI is InChI=1S/C16H23N5OS/c1-19-8-5-15(18-19)17-16(22)13-21-7-3-6-20(9-10-21)12-14-4-2-11-23-14/h2,4-5,8,11H,3,6-7,9-10,12-13H2,1H3,(H,17,18,22). The van der Waals surface area contributed by atoms with Crippen LogP contribution in [0.25, 0.3) is 0 Å². The van der Waals surface area contributed by atoms with Crippen molar-refractivity contribution in [2.24, 2.45) is 7.05 Å². The summed E-state index contributed by atoms with van der Waals surface area (Å²) in [5.74, 6) is 0.627. The van der Waals surface area contributed by atoms with Crippen LogP contribution in [-0.2, 0) is 18.4 Å². The monoisotopic (exact) mass is 333 g/mol. The van der Waals surface area contributed by atoms with Crippen LogP contribution >= 0.6 is 11.3 Å². The maximum absolute atomic E-state index is 12.1. The molecule has 0 aliphatic carbocycles. The van der Waals surface area contributed by atoms with E-state index < -0.39 is 0 Å². The van der Waals surface area contributed by atoms with E-state index in [-0.39, 0.29) is 5.91 Å². The summed E-state index contributed by atoms with van der Waals surface area (Å²) in [5.41, 5.74) is 0. The van der Waals surface area contributed by atoms with Gasteiger partial charge in [0.2, 0.25) is 5.91 Å². The Morgan fingerprint density at radius 3 is 2.83 bits per heavy atom. The van der Waals surface area contributed by atoms with Gasteiger partial charge in [0, 0.05) is 43.8 Å². The fraction of sp³-hybridized carbons (Fsp3) is 0.500. The maximum atomic E-state index is 12.1. The fourth-order valence-corrected chi connectivity index (χ4v) is 3.58. The Morgan fingerprint density at radius 1 is 1.26 bits per heavy atom. The molecular formula is C16H23N5OS. The van der Waals surface area contributed by atoms with Crippen molar-refractivity contribution < 1.29 is 4.79 Å². The number of hydrogen-bond acceptors (Lipinski definition) is 5. The van der Waals surface area contributed by atoms with E-state index >= 15 is 0 Å². The smallest absolute Gasteiger partial charge is 0.239 e. The highest BCUT2D eigenvalue weighted by Crippen LogP contribution is 2.13. The summed E-state index contributed by atoms with van der Waals surface area (Å²) in [6.45, 7) is 5.46. The van der Waals surface area contributed by atoms with Crippen molar-refractivity contribution in [1.29, 1.82) is 0 Å². The topological polar surface area (TPSA) is 53.4 Å². The summed E-state index contributed by atoms with van der Waals surface area (Å²) in [7, 11) is 1.84. The van der Waals surface area contributed by atoms with E-state index in [9.17, 15) is 4.79 Å². The molecule has 3 heterocycles. The van der Waals surface area contributed by atoms with Crippen LogP contribution in [0.5, 0.6) is 0 Å². The Bertz CT molecular complexity index is 624. The van der Waals surface area contributed by atoms with Crippen molar-refractivity contribution in [3.63, 3.8) is 0 Å². The first-order valence-electron chi connectivity index (χ1n) is 7.95. The van der Waals surface area contributed by atoms with Gasteiger partial charge in [-0.2, -0.15) is 5.10 Å². The van der Waals surface area contributed by atoms with Crippen LogP contribution in [0.15, 0.2) is 29.8 Å². The predicted octanol–water partition coefficient (Wildman–Crippen LogP) is 1.63. The second-order valence-corrected chi connectivity index (χ2v) is 6.94. The van der Waals surface area contributed by atoms with Crippen molar-refractivity contribution in [3.8, 4) is 0 Å². The number of aromatic nitrogens is 2. The zero-order chi connectivity index (χ0) is 16.1. The minimum atomic E-state index is 0.00964. The number of amides is 1. The van der Waals surface area contributed by atoms with Crippen molar-refractivity contribution in [1.82, 2.24) is 19.6 Å². The van der Waals surface area contributed by atoms with Gasteiger partial charge >= 0.3 is 0 Å². The van der Waals surface area contributed by atoms with Crippen LogP contribution in [0.3, 0.4) is 0 Å². The minimum Gasteiger partial charge on any atom is -0.308 e. The highest BCUT2D eigenvalue weighted by atomic mass is 32.1. The van der Waals surface area contributed by atoms with Gasteiger partial charge < -0.3 is 5.32 Å². The van der Waals surface area contributed by atoms with Gasteiger partial charge in [0.05, 0.1) is 6.54 Å². The molecule has 0 atom stereocenters. The van der Waals surface area contributed by atoms with Gasteiger partial charge in [-0.3, -0.25) is 19.3 Å². The Balaban J connectivity index is 1.45. The summed E-state index contributed by atoms with van der Waals surface area (Å²) >= 11 is 1.81. The summed E-state index contributed by atoms with van der Waals surface area (Å²) in [5, 5.41) is 9.16. The van der Waals surface area contributed by atoms with Gasteiger partial charge in [-0.05, 0) is 31.0 Å². The van der Waals surface area contributed by atoms with E-state index in [1.54, 1.807) is 4.68 Å². The molecular weight excluding hydrogens is 310 g/mol. The molecule has 124 valence electrons. The van der Waals surface area contributed by atoms with E-state index in [2.05, 4.69) is 37.7 Å². The zero-order valence-electron chi connectivity index (χ0n) is 13.4. The summed E-state index contributed by atoms with van der Waals surface area (Å²) in [4.78, 5) is 18.2. The molecule has 1 fully saturated rings. The Hall–Kier alpha value is -1.70. The molecule has 1 amide bonds. The van der Waals surface area contributed by atoms with Crippen LogP contribution in [0.2, 0.25) is 0 Å². The molecule has 2 aromatic heterocycles. The van der Waals surface area contributed by atoms with Gasteiger partial charge in [0.15, 0.2) is 5.82 Å². The lowest BCUT2D eigenvalue weighted by molar-refractivity contribution is -0.117. The molecule has 7 heteroatoms. The van der Waals surface area contributed by atoms with Crippen LogP contribution in [-0.4, -0.2) is 58.2 Å². The molecule has 1 N–H and O–H groups in total. The number of carbonyl (C=O) groups excluding carboxylic acids is 1. The van der Waals surface area contributed by atoms with E-state index in [4.69, 9.17) is 0 Å². The first-order chi connectivity index (χ1) is 11.2. The van der Waals surface area contributed by atoms with Gasteiger partial charge in [-0.1, -0.05) is 6.07 Å². The van der Waals surface area contributed by atoms with Crippen LogP contribution < -0.4 is 5.32 Å². The van der Waals surface area contributed by atoms with E-state index in [1.807, 2.05) is 30.6 Å². The average molecular weight is 333 g/mol. The lowest BCUT2D eigenvalue weighted by Crippen LogP contribution is -2.36. The molecule has 0 radical (unpaired) electrons. The van der Waals surface area contributed by atoms with Crippen LogP contribution in [0.4, 0.5) is 5.82 Å². The molecule has 0 aromatic carbocycles. The third-order valence-electron chi connectivity index (χ3n) is 3.99. The van der Waals surface area contributed by atoms with Crippen LogP contribution in [0.1, 0.15) is 11.3 Å². The number of nitrogens with one attached hydrogen (secondary N) is 1. The van der Waals surface area contributed by atoms with Gasteiger partial charge in [0.25, 0.3) is 0 Å². The SMILES string of the molecule is Cn1ccc(NC(=O)CN2CCCN(Cc3cccs3)CC2)n1. The van der Waals surface area contributed by atoms with Gasteiger partial charge in [-0.15, -0.1) is 11.3 Å². The number of carbonyl (C=O) groups is 1.